The van der Waals surface area contributed by atoms with E-state index in [0.29, 0.717) is 55.3 Å². The summed E-state index contributed by atoms with van der Waals surface area (Å²) in [6.45, 7) is 17.4. The van der Waals surface area contributed by atoms with Crippen molar-refractivity contribution in [3.63, 3.8) is 0 Å². The van der Waals surface area contributed by atoms with Gasteiger partial charge in [0, 0.05) is 30.6 Å². The van der Waals surface area contributed by atoms with Crippen molar-refractivity contribution in [2.24, 2.45) is 92.7 Å². The zero-order chi connectivity index (χ0) is 59.2. The van der Waals surface area contributed by atoms with Crippen molar-refractivity contribution < 1.29 is 76.3 Å². The molecule has 464 valence electrons. The second-order valence-corrected chi connectivity index (χ2v) is 30.0. The highest BCUT2D eigenvalue weighted by molar-refractivity contribution is 5.81. The fourth-order valence-corrected chi connectivity index (χ4v) is 18.7. The van der Waals surface area contributed by atoms with Gasteiger partial charge in [0.1, 0.15) is 36.6 Å². The van der Waals surface area contributed by atoms with Crippen LogP contribution in [0, 0.1) is 92.7 Å². The maximum absolute atomic E-state index is 11.8. The van der Waals surface area contributed by atoms with Crippen LogP contribution in [0.4, 0.5) is 0 Å². The average Bonchev–Trinajstić information content (AvgIpc) is 1.86. The molecule has 20 atom stereocenters. The van der Waals surface area contributed by atoms with E-state index in [-0.39, 0.29) is 118 Å². The van der Waals surface area contributed by atoms with Crippen molar-refractivity contribution in [1.82, 2.24) is 0 Å². The molecule has 0 aromatic heterocycles. The van der Waals surface area contributed by atoms with Crippen LogP contribution >= 0.6 is 0 Å². The first kappa shape index (κ1) is 61.8. The Labute approximate surface area is 493 Å². The van der Waals surface area contributed by atoms with Gasteiger partial charge in [-0.05, 0) is 211 Å². The van der Waals surface area contributed by atoms with Crippen molar-refractivity contribution in [3.05, 3.63) is 0 Å². The zero-order valence-electron chi connectivity index (χ0n) is 51.4. The van der Waals surface area contributed by atoms with Gasteiger partial charge in [-0.25, -0.2) is 0 Å². The van der Waals surface area contributed by atoms with Crippen molar-refractivity contribution in [2.45, 2.75) is 265 Å². The highest BCUT2D eigenvalue weighted by Gasteiger charge is 2.64. The number of fused-ring (bicyclic) bond motifs is 7. The van der Waals surface area contributed by atoms with Crippen LogP contribution in [0.5, 0.6) is 0 Å². The van der Waals surface area contributed by atoms with Crippen LogP contribution in [0.2, 0.25) is 0 Å². The molecule has 9 aliphatic heterocycles. The Morgan fingerprint density at radius 1 is 0.398 bits per heavy atom. The Balaban J connectivity index is 0.000000107. The molecule has 0 amide bonds. The van der Waals surface area contributed by atoms with Crippen LogP contribution in [0.15, 0.2) is 0 Å². The van der Waals surface area contributed by atoms with Crippen molar-refractivity contribution in [1.29, 1.82) is 0 Å². The predicted molar refractivity (Wildman–Crippen MR) is 303 cm³/mol. The molecule has 0 radical (unpaired) electrons. The molecule has 12 bridgehead atoms. The molecule has 10 saturated carbocycles. The average molecular weight is 1160 g/mol. The summed E-state index contributed by atoms with van der Waals surface area (Å²) < 4.78 is 41.0. The summed E-state index contributed by atoms with van der Waals surface area (Å²) in [5.74, 6) is 6.78. The van der Waals surface area contributed by atoms with Crippen LogP contribution in [-0.4, -0.2) is 97.6 Å². The zero-order valence-corrected chi connectivity index (χ0v) is 51.4. The predicted octanol–water partition coefficient (Wildman–Crippen LogP) is 11.7. The Morgan fingerprint density at radius 3 is 1.48 bits per heavy atom. The minimum Gasteiger partial charge on any atom is -0.465 e. The molecule has 9 saturated heterocycles. The number of esters is 8. The quantitative estimate of drug-likeness (QED) is 0.163. The lowest BCUT2D eigenvalue weighted by Crippen LogP contribution is -2.43. The van der Waals surface area contributed by atoms with Crippen LogP contribution in [0.3, 0.4) is 0 Å². The Morgan fingerprint density at radius 2 is 0.976 bits per heavy atom. The number of ether oxygens (including phenoxy) is 8. The molecule has 16 nitrogen and oxygen atoms in total. The van der Waals surface area contributed by atoms with Gasteiger partial charge in [-0.3, -0.25) is 38.4 Å². The third-order valence-electron chi connectivity index (χ3n) is 23.6. The lowest BCUT2D eigenvalue weighted by molar-refractivity contribution is -0.163. The summed E-state index contributed by atoms with van der Waals surface area (Å²) in [5, 5.41) is 0. The molecule has 0 aromatic rings. The van der Waals surface area contributed by atoms with E-state index in [1.54, 1.807) is 0 Å². The number of hydrogen-bond acceptors (Lipinski definition) is 16. The van der Waals surface area contributed by atoms with Crippen molar-refractivity contribution >= 4 is 47.8 Å². The van der Waals surface area contributed by atoms with Gasteiger partial charge in [0.15, 0.2) is 0 Å². The molecule has 0 N–H and O–H groups in total. The fraction of sp³-hybridized carbons (Fsp3) is 0.881. The molecule has 0 spiro atoms. The van der Waals surface area contributed by atoms with E-state index >= 15 is 0 Å². The number of cyclic esters (lactones) is 3. The van der Waals surface area contributed by atoms with Gasteiger partial charge in [-0.15, -0.1) is 0 Å². The molecule has 19 aliphatic rings. The minimum atomic E-state index is -0.126. The van der Waals surface area contributed by atoms with Gasteiger partial charge in [0.05, 0.1) is 52.6 Å². The minimum absolute atomic E-state index is 0.0191. The third-order valence-corrected chi connectivity index (χ3v) is 23.6. The van der Waals surface area contributed by atoms with E-state index in [4.69, 9.17) is 33.2 Å². The smallest absolute Gasteiger partial charge is 0.312 e. The van der Waals surface area contributed by atoms with E-state index in [2.05, 4.69) is 25.5 Å². The Bertz CT molecular complexity index is 2410. The summed E-state index contributed by atoms with van der Waals surface area (Å²) in [4.78, 5) is 88.8. The molecule has 19 fully saturated rings. The first-order valence-corrected chi connectivity index (χ1v) is 33.0. The lowest BCUT2D eigenvalue weighted by atomic mass is 9.57. The van der Waals surface area contributed by atoms with Crippen LogP contribution < -0.4 is 0 Å². The third kappa shape index (κ3) is 13.4. The number of rotatable bonds is 0. The van der Waals surface area contributed by atoms with E-state index in [1.165, 1.54) is 70.6 Å². The molecule has 0 aromatic carbocycles. The molecule has 9 heterocycles. The Kier molecular flexibility index (Phi) is 18.8. The lowest BCUT2D eigenvalue weighted by Gasteiger charge is -2.43. The second-order valence-electron chi connectivity index (χ2n) is 30.0. The molecular weight excluding hydrogens is 1060 g/mol. The largest absolute Gasteiger partial charge is 0.465 e. The summed E-state index contributed by atoms with van der Waals surface area (Å²) in [7, 11) is 0. The van der Waals surface area contributed by atoms with E-state index in [1.807, 2.05) is 34.6 Å². The summed E-state index contributed by atoms with van der Waals surface area (Å²) in [6.07, 6.45) is 32.2. The summed E-state index contributed by atoms with van der Waals surface area (Å²) >= 11 is 0. The van der Waals surface area contributed by atoms with Gasteiger partial charge in [-0.2, -0.15) is 0 Å². The summed E-state index contributed by atoms with van der Waals surface area (Å²) in [5.41, 5.74) is -0.386. The maximum Gasteiger partial charge on any atom is 0.312 e. The first-order valence-electron chi connectivity index (χ1n) is 33.0. The topological polar surface area (TPSA) is 210 Å². The van der Waals surface area contributed by atoms with E-state index in [0.717, 1.165) is 120 Å². The first-order chi connectivity index (χ1) is 39.4. The maximum atomic E-state index is 11.8. The highest BCUT2D eigenvalue weighted by Crippen LogP contribution is 2.62. The van der Waals surface area contributed by atoms with Gasteiger partial charge in [0.2, 0.25) is 0 Å². The monoisotopic (exact) mass is 1160 g/mol. The van der Waals surface area contributed by atoms with Crippen LogP contribution in [0.25, 0.3) is 0 Å². The van der Waals surface area contributed by atoms with E-state index in [9.17, 15) is 38.4 Å². The van der Waals surface area contributed by atoms with Crippen LogP contribution in [-0.2, 0) is 76.3 Å². The molecule has 20 unspecified atom stereocenters. The molecule has 83 heavy (non-hydrogen) atoms. The van der Waals surface area contributed by atoms with Crippen molar-refractivity contribution in [3.8, 4) is 0 Å². The van der Waals surface area contributed by atoms with Gasteiger partial charge < -0.3 is 37.9 Å². The van der Waals surface area contributed by atoms with E-state index < -0.39 is 0 Å². The molecule has 16 heteroatoms. The van der Waals surface area contributed by atoms with Crippen molar-refractivity contribution in [2.75, 3.05) is 13.2 Å². The Hall–Kier alpha value is -4.24. The molecular formula is C67H100O16. The summed E-state index contributed by atoms with van der Waals surface area (Å²) in [6, 6.07) is 0. The molecule has 19 rings (SSSR count). The van der Waals surface area contributed by atoms with Gasteiger partial charge in [-0.1, -0.05) is 40.0 Å². The van der Waals surface area contributed by atoms with Crippen LogP contribution in [0.1, 0.15) is 229 Å². The number of carbonyl (C=O) groups excluding carboxylic acids is 8. The van der Waals surface area contributed by atoms with Gasteiger partial charge >= 0.3 is 47.8 Å². The number of hydrogen-bond donors (Lipinski definition) is 0. The molecule has 10 aliphatic carbocycles. The normalized spacial score (nSPS) is 46.6. The SMILES string of the molecule is CC12CC3CC(CC(C3)OC1=O)C2.CC12CC3CC(OC1=O)C2C3.CC12CC3CCC1C(C3)OC2=O.CC12CCC(C1)OC2=O.CC1C(=O)OC2CCCCC21.CC1CCCOC1=O.CC1CCOC1=O.CC1OC(=O)CC2CCCCC21. The fourth-order valence-electron chi connectivity index (χ4n) is 18.7. The second kappa shape index (κ2) is 25.2. The highest BCUT2D eigenvalue weighted by atomic mass is 16.6. The number of carbonyl (C=O) groups is 8. The standard InChI is InChI=1S/C11H16O2.C10H14O2.C10H16O2.C9H12O2.C9H14O2.C7H10O2.C6H10O2.C5H8O2/c1-11-5-7-2-8(6-11)4-9(3-7)13-10(11)12;1-10-5-6-2-3-7(10)8(4-6)12-9(10)11;1-7-9-5-3-2-4-8(9)6-10(11)12-7;1-9-4-5-2-6(9)7(3-5)11-8(9)10;1-6-7-4-2-3-5-8(7)11-9(6)10;1-7-3-2-5(4-7)9-6(7)8;1-5-3-2-4-8-6(5)7;1-4-2-3-7-5(4)6/h7-9H,2-6H2,1H3;6-8H,2-5H2,1H3;7-9H,2-6H2,1H3;5-7H,2-4H2,1H3;6-8H,2-5H2,1H3;5H,2-4H2,1H3;5H,2-4H2,1H3;4H,2-3H2,1H3. The van der Waals surface area contributed by atoms with Gasteiger partial charge in [0.25, 0.3) is 0 Å².